The molecule has 0 atom stereocenters. The number of hydrogen-bond acceptors (Lipinski definition) is 4. The average Bonchev–Trinajstić information content (AvgIpc) is 2.74. The number of aromatic amines is 1. The predicted molar refractivity (Wildman–Crippen MR) is 66.3 cm³/mol. The number of rotatable bonds is 6. The number of nitrogens with one attached hydrogen (secondary N) is 1. The molecule has 0 unspecified atom stereocenters. The highest BCUT2D eigenvalue weighted by atomic mass is 35.5. The summed E-state index contributed by atoms with van der Waals surface area (Å²) >= 11 is 7.24. The van der Waals surface area contributed by atoms with Crippen molar-refractivity contribution in [2.24, 2.45) is 0 Å². The van der Waals surface area contributed by atoms with Crippen LogP contribution in [0.4, 0.5) is 0 Å². The van der Waals surface area contributed by atoms with Gasteiger partial charge in [-0.25, -0.2) is 8.42 Å². The third kappa shape index (κ3) is 2.91. The largest absolute Gasteiger partial charge is 0.266 e. The van der Waals surface area contributed by atoms with Gasteiger partial charge in [0.15, 0.2) is 5.03 Å². The molecule has 0 spiro atoms. The van der Waals surface area contributed by atoms with Crippen LogP contribution in [0.5, 0.6) is 0 Å². The molecule has 0 saturated carbocycles. The Kier molecular flexibility index (Phi) is 5.10. The summed E-state index contributed by atoms with van der Waals surface area (Å²) in [5.74, 6) is 0.876. The lowest BCUT2D eigenvalue weighted by atomic mass is 10.4. The van der Waals surface area contributed by atoms with Crippen LogP contribution in [0.1, 0.15) is 5.56 Å². The Morgan fingerprint density at radius 1 is 1.62 bits per heavy atom. The number of aromatic nitrogens is 2. The summed E-state index contributed by atoms with van der Waals surface area (Å²) in [5.41, 5.74) is 0.498. The minimum absolute atomic E-state index is 0.0890. The summed E-state index contributed by atoms with van der Waals surface area (Å²) in [6, 6.07) is 0. The topological polar surface area (TPSA) is 66.1 Å². The second kappa shape index (κ2) is 5.90. The van der Waals surface area contributed by atoms with E-state index in [0.717, 1.165) is 5.75 Å². The number of alkyl halides is 1. The Hall–Kier alpha value is -0.240. The van der Waals surface area contributed by atoms with Gasteiger partial charge >= 0.3 is 0 Å². The Bertz CT molecular complexity index is 432. The first-order chi connectivity index (χ1) is 7.54. The lowest BCUT2D eigenvalue weighted by molar-refractivity contribution is 0.484. The van der Waals surface area contributed by atoms with E-state index in [2.05, 4.69) is 10.2 Å². The van der Waals surface area contributed by atoms with Crippen molar-refractivity contribution in [3.8, 4) is 0 Å². The molecule has 0 bridgehead atoms. The minimum atomic E-state index is -3.49. The fourth-order valence-corrected chi connectivity index (χ4v) is 3.24. The number of thioether (sulfide) groups is 1. The molecule has 0 aliphatic heterocycles. The maximum Gasteiger partial charge on any atom is 0.260 e. The average molecular weight is 284 g/mol. The highest BCUT2D eigenvalue weighted by Crippen LogP contribution is 2.18. The maximum atomic E-state index is 12.1. The summed E-state index contributed by atoms with van der Waals surface area (Å²) in [6.45, 7) is 0.463. The van der Waals surface area contributed by atoms with Gasteiger partial charge in [-0.3, -0.25) is 5.10 Å². The molecule has 0 radical (unpaired) electrons. The van der Waals surface area contributed by atoms with Crippen molar-refractivity contribution >= 4 is 33.4 Å². The zero-order valence-corrected chi connectivity index (χ0v) is 11.5. The first kappa shape index (κ1) is 13.8. The van der Waals surface area contributed by atoms with E-state index in [4.69, 9.17) is 11.6 Å². The summed E-state index contributed by atoms with van der Waals surface area (Å²) in [4.78, 5) is 0. The van der Waals surface area contributed by atoms with Crippen LogP contribution in [0.2, 0.25) is 0 Å². The van der Waals surface area contributed by atoms with Crippen molar-refractivity contribution in [1.82, 2.24) is 14.5 Å². The van der Waals surface area contributed by atoms with Gasteiger partial charge in [-0.2, -0.15) is 21.2 Å². The quantitative estimate of drug-likeness (QED) is 0.795. The highest BCUT2D eigenvalue weighted by molar-refractivity contribution is 7.98. The molecule has 16 heavy (non-hydrogen) atoms. The number of H-pyrrole nitrogens is 1. The van der Waals surface area contributed by atoms with E-state index in [1.807, 2.05) is 6.26 Å². The van der Waals surface area contributed by atoms with E-state index in [9.17, 15) is 8.42 Å². The number of hydrogen-bond donors (Lipinski definition) is 1. The lowest BCUT2D eigenvalue weighted by Gasteiger charge is -2.15. The SMILES string of the molecule is CSCCN(C)S(=O)(=O)c1[nH]ncc1CCl. The van der Waals surface area contributed by atoms with Crippen LogP contribution in [0, 0.1) is 0 Å². The van der Waals surface area contributed by atoms with Crippen LogP contribution < -0.4 is 0 Å². The van der Waals surface area contributed by atoms with E-state index in [1.54, 1.807) is 18.8 Å². The molecule has 1 rings (SSSR count). The fraction of sp³-hybridized carbons (Fsp3) is 0.625. The van der Waals surface area contributed by atoms with E-state index < -0.39 is 10.0 Å². The second-order valence-corrected chi connectivity index (χ2v) is 6.41. The van der Waals surface area contributed by atoms with Gasteiger partial charge in [-0.05, 0) is 6.26 Å². The summed E-state index contributed by atoms with van der Waals surface area (Å²) in [7, 11) is -1.95. The van der Waals surface area contributed by atoms with Crippen molar-refractivity contribution in [3.05, 3.63) is 11.8 Å². The molecule has 0 aliphatic rings. The van der Waals surface area contributed by atoms with Crippen LogP contribution in [-0.4, -0.2) is 48.5 Å². The molecule has 0 saturated heterocycles. The molecular formula is C8H14ClN3O2S2. The Balaban J connectivity index is 2.93. The van der Waals surface area contributed by atoms with E-state index in [-0.39, 0.29) is 10.9 Å². The van der Waals surface area contributed by atoms with Crippen LogP contribution in [-0.2, 0) is 15.9 Å². The van der Waals surface area contributed by atoms with Crippen LogP contribution in [0.3, 0.4) is 0 Å². The third-order valence-electron chi connectivity index (χ3n) is 2.10. The molecule has 1 aromatic rings. The molecule has 1 N–H and O–H groups in total. The maximum absolute atomic E-state index is 12.1. The molecule has 0 aromatic carbocycles. The monoisotopic (exact) mass is 283 g/mol. The van der Waals surface area contributed by atoms with Crippen molar-refractivity contribution in [1.29, 1.82) is 0 Å². The molecule has 8 heteroatoms. The Morgan fingerprint density at radius 2 is 2.31 bits per heavy atom. The zero-order chi connectivity index (χ0) is 12.2. The van der Waals surface area contributed by atoms with Gasteiger partial charge in [0.1, 0.15) is 0 Å². The van der Waals surface area contributed by atoms with Crippen molar-refractivity contribution in [2.75, 3.05) is 25.6 Å². The smallest absolute Gasteiger partial charge is 0.260 e. The van der Waals surface area contributed by atoms with Gasteiger partial charge < -0.3 is 0 Å². The molecule has 1 aromatic heterocycles. The van der Waals surface area contributed by atoms with Gasteiger partial charge in [0, 0.05) is 24.9 Å². The minimum Gasteiger partial charge on any atom is -0.266 e. The molecule has 0 amide bonds. The summed E-state index contributed by atoms with van der Waals surface area (Å²) in [6.07, 6.45) is 3.36. The van der Waals surface area contributed by atoms with E-state index >= 15 is 0 Å². The van der Waals surface area contributed by atoms with Gasteiger partial charge in [0.05, 0.1) is 12.1 Å². The number of halogens is 1. The Labute approximate surface area is 105 Å². The van der Waals surface area contributed by atoms with Gasteiger partial charge in [0.2, 0.25) is 0 Å². The predicted octanol–water partition coefficient (Wildman–Crippen LogP) is 1.13. The van der Waals surface area contributed by atoms with Crippen LogP contribution in [0.15, 0.2) is 11.2 Å². The van der Waals surface area contributed by atoms with Crippen molar-refractivity contribution in [2.45, 2.75) is 10.9 Å². The first-order valence-electron chi connectivity index (χ1n) is 4.57. The van der Waals surface area contributed by atoms with Crippen LogP contribution in [0.25, 0.3) is 0 Å². The molecule has 5 nitrogen and oxygen atoms in total. The Morgan fingerprint density at radius 3 is 2.88 bits per heavy atom. The summed E-state index contributed by atoms with van der Waals surface area (Å²) < 4.78 is 25.4. The number of nitrogens with zero attached hydrogens (tertiary/aromatic N) is 2. The highest BCUT2D eigenvalue weighted by Gasteiger charge is 2.25. The first-order valence-corrected chi connectivity index (χ1v) is 7.94. The molecule has 1 heterocycles. The van der Waals surface area contributed by atoms with Gasteiger partial charge in [-0.1, -0.05) is 0 Å². The third-order valence-corrected chi connectivity index (χ3v) is 4.85. The fourth-order valence-electron chi connectivity index (χ4n) is 1.11. The van der Waals surface area contributed by atoms with Gasteiger partial charge in [-0.15, -0.1) is 11.6 Å². The molecule has 0 fully saturated rings. The normalized spacial score (nSPS) is 12.2. The van der Waals surface area contributed by atoms with E-state index in [1.165, 1.54) is 10.5 Å². The van der Waals surface area contributed by atoms with Crippen molar-refractivity contribution in [3.63, 3.8) is 0 Å². The lowest BCUT2D eigenvalue weighted by Crippen LogP contribution is -2.30. The zero-order valence-electron chi connectivity index (χ0n) is 9.10. The molecular weight excluding hydrogens is 270 g/mol. The molecule has 92 valence electrons. The van der Waals surface area contributed by atoms with Crippen molar-refractivity contribution < 1.29 is 8.42 Å². The summed E-state index contributed by atoms with van der Waals surface area (Å²) in [5, 5.41) is 6.27. The number of sulfonamides is 1. The standard InChI is InChI=1S/C8H14ClN3O2S2/c1-12(3-4-15-2)16(13,14)8-7(5-9)6-10-11-8/h6H,3-5H2,1-2H3,(H,10,11). The second-order valence-electron chi connectivity index (χ2n) is 3.18. The van der Waals surface area contributed by atoms with Gasteiger partial charge in [0.25, 0.3) is 10.0 Å². The van der Waals surface area contributed by atoms with E-state index in [0.29, 0.717) is 12.1 Å². The molecule has 0 aliphatic carbocycles. The van der Waals surface area contributed by atoms with Crippen LogP contribution >= 0.6 is 23.4 Å².